The maximum Gasteiger partial charge on any atom is 0.111 e. The zero-order valence-corrected chi connectivity index (χ0v) is 9.98. The first-order valence-corrected chi connectivity index (χ1v) is 6.49. The van der Waals surface area contributed by atoms with Crippen LogP contribution < -0.4 is 0 Å². The van der Waals surface area contributed by atoms with Crippen molar-refractivity contribution in [2.75, 3.05) is 13.2 Å². The van der Waals surface area contributed by atoms with Crippen molar-refractivity contribution in [3.63, 3.8) is 0 Å². The number of nitrogens with zero attached hydrogens (tertiary/aromatic N) is 2. The van der Waals surface area contributed by atoms with Crippen LogP contribution in [0, 0.1) is 0 Å². The van der Waals surface area contributed by atoms with Gasteiger partial charge in [0.1, 0.15) is 5.82 Å². The van der Waals surface area contributed by atoms with Gasteiger partial charge in [-0.15, -0.1) is 0 Å². The molecule has 0 aliphatic carbocycles. The molecule has 0 bridgehead atoms. The zero-order valence-electron chi connectivity index (χ0n) is 9.98. The van der Waals surface area contributed by atoms with E-state index < -0.39 is 0 Å². The van der Waals surface area contributed by atoms with Crippen molar-refractivity contribution in [3.8, 4) is 0 Å². The lowest BCUT2D eigenvalue weighted by Gasteiger charge is -2.20. The van der Waals surface area contributed by atoms with E-state index in [0.717, 1.165) is 19.8 Å². The molecule has 1 saturated heterocycles. The Morgan fingerprint density at radius 3 is 3.06 bits per heavy atom. The zero-order chi connectivity index (χ0) is 11.0. The van der Waals surface area contributed by atoms with Gasteiger partial charge in [0, 0.05) is 31.2 Å². The first kappa shape index (κ1) is 10.3. The molecule has 1 aromatic rings. The van der Waals surface area contributed by atoms with E-state index in [1.165, 1.54) is 37.2 Å². The average Bonchev–Trinajstić information content (AvgIpc) is 2.76. The van der Waals surface area contributed by atoms with Crippen molar-refractivity contribution in [1.29, 1.82) is 0 Å². The highest BCUT2D eigenvalue weighted by Gasteiger charge is 2.24. The minimum atomic E-state index is 0.541. The molecule has 3 heterocycles. The second-order valence-electron chi connectivity index (χ2n) is 5.17. The average molecular weight is 220 g/mol. The fourth-order valence-electron chi connectivity index (χ4n) is 2.89. The molecule has 1 aromatic heterocycles. The van der Waals surface area contributed by atoms with Gasteiger partial charge < -0.3 is 9.30 Å². The van der Waals surface area contributed by atoms with Gasteiger partial charge in [-0.2, -0.15) is 0 Å². The van der Waals surface area contributed by atoms with Crippen molar-refractivity contribution in [2.45, 2.75) is 51.0 Å². The van der Waals surface area contributed by atoms with Crippen LogP contribution in [-0.4, -0.2) is 22.8 Å². The van der Waals surface area contributed by atoms with Gasteiger partial charge in [-0.1, -0.05) is 6.92 Å². The van der Waals surface area contributed by atoms with Gasteiger partial charge in [-0.3, -0.25) is 0 Å². The molecule has 0 spiro atoms. The summed E-state index contributed by atoms with van der Waals surface area (Å²) in [5.41, 5.74) is 1.27. The third kappa shape index (κ3) is 1.77. The minimum absolute atomic E-state index is 0.541. The van der Waals surface area contributed by atoms with E-state index in [1.807, 2.05) is 0 Å². The maximum absolute atomic E-state index is 5.55. The number of aromatic nitrogens is 2. The maximum atomic E-state index is 5.55. The number of hydrogen-bond acceptors (Lipinski definition) is 2. The van der Waals surface area contributed by atoms with Gasteiger partial charge in [0.05, 0.1) is 12.3 Å². The normalized spacial score (nSPS) is 30.1. The van der Waals surface area contributed by atoms with Crippen molar-refractivity contribution >= 4 is 0 Å². The van der Waals surface area contributed by atoms with Gasteiger partial charge >= 0.3 is 0 Å². The third-order valence-electron chi connectivity index (χ3n) is 3.88. The SMILES string of the molecule is CC1CCCn2cc(C3CCCOC3)nc21. The Morgan fingerprint density at radius 2 is 2.31 bits per heavy atom. The highest BCUT2D eigenvalue weighted by Crippen LogP contribution is 2.30. The topological polar surface area (TPSA) is 27.1 Å². The van der Waals surface area contributed by atoms with Gasteiger partial charge in [0.2, 0.25) is 0 Å². The number of hydrogen-bond donors (Lipinski definition) is 0. The minimum Gasteiger partial charge on any atom is -0.381 e. The smallest absolute Gasteiger partial charge is 0.111 e. The summed E-state index contributed by atoms with van der Waals surface area (Å²) in [6.45, 7) is 5.24. The molecule has 2 aliphatic rings. The number of ether oxygens (including phenoxy) is 1. The van der Waals surface area contributed by atoms with Crippen LogP contribution in [0.15, 0.2) is 6.20 Å². The van der Waals surface area contributed by atoms with Crippen LogP contribution >= 0.6 is 0 Å². The van der Waals surface area contributed by atoms with E-state index in [9.17, 15) is 0 Å². The lowest BCUT2D eigenvalue weighted by Crippen LogP contribution is -2.15. The van der Waals surface area contributed by atoms with Crippen LogP contribution in [0.4, 0.5) is 0 Å². The number of fused-ring (bicyclic) bond motifs is 1. The lowest BCUT2D eigenvalue weighted by atomic mass is 9.99. The molecule has 3 rings (SSSR count). The van der Waals surface area contributed by atoms with Crippen LogP contribution in [-0.2, 0) is 11.3 Å². The van der Waals surface area contributed by atoms with Crippen LogP contribution in [0.3, 0.4) is 0 Å². The molecule has 88 valence electrons. The predicted octanol–water partition coefficient (Wildman–Crippen LogP) is 2.67. The summed E-state index contributed by atoms with van der Waals surface area (Å²) in [7, 11) is 0. The Hall–Kier alpha value is -0.830. The molecule has 3 nitrogen and oxygen atoms in total. The molecule has 0 saturated carbocycles. The fourth-order valence-corrected chi connectivity index (χ4v) is 2.89. The molecule has 16 heavy (non-hydrogen) atoms. The molecule has 0 radical (unpaired) electrons. The Kier molecular flexibility index (Phi) is 2.72. The van der Waals surface area contributed by atoms with Crippen molar-refractivity contribution in [2.24, 2.45) is 0 Å². The van der Waals surface area contributed by atoms with E-state index in [2.05, 4.69) is 17.7 Å². The summed E-state index contributed by atoms with van der Waals surface area (Å²) in [5.74, 6) is 2.47. The summed E-state index contributed by atoms with van der Waals surface area (Å²) in [5, 5.41) is 0. The van der Waals surface area contributed by atoms with Gasteiger partial charge in [-0.05, 0) is 25.7 Å². The third-order valence-corrected chi connectivity index (χ3v) is 3.88. The first-order chi connectivity index (χ1) is 7.84. The van der Waals surface area contributed by atoms with E-state index in [4.69, 9.17) is 9.72 Å². The van der Waals surface area contributed by atoms with E-state index in [-0.39, 0.29) is 0 Å². The lowest BCUT2D eigenvalue weighted by molar-refractivity contribution is 0.0794. The molecule has 1 fully saturated rings. The Bertz CT molecular complexity index is 366. The van der Waals surface area contributed by atoms with Crippen molar-refractivity contribution < 1.29 is 4.74 Å². The molecule has 0 amide bonds. The molecule has 3 heteroatoms. The highest BCUT2D eigenvalue weighted by molar-refractivity contribution is 5.14. The van der Waals surface area contributed by atoms with Gasteiger partial charge in [0.15, 0.2) is 0 Å². The van der Waals surface area contributed by atoms with Crippen LogP contribution in [0.5, 0.6) is 0 Å². The van der Waals surface area contributed by atoms with Crippen LogP contribution in [0.1, 0.15) is 56.0 Å². The molecule has 2 unspecified atom stereocenters. The molecule has 0 N–H and O–H groups in total. The number of rotatable bonds is 1. The quantitative estimate of drug-likeness (QED) is 0.727. The summed E-state index contributed by atoms with van der Waals surface area (Å²) in [6, 6.07) is 0. The van der Waals surface area contributed by atoms with Crippen molar-refractivity contribution in [3.05, 3.63) is 17.7 Å². The van der Waals surface area contributed by atoms with Crippen LogP contribution in [0.2, 0.25) is 0 Å². The highest BCUT2D eigenvalue weighted by atomic mass is 16.5. The Labute approximate surface area is 96.8 Å². The molecule has 2 aliphatic heterocycles. The second-order valence-corrected chi connectivity index (χ2v) is 5.17. The largest absolute Gasteiger partial charge is 0.381 e. The van der Waals surface area contributed by atoms with Gasteiger partial charge in [-0.25, -0.2) is 4.98 Å². The molecule has 0 aromatic carbocycles. The Morgan fingerprint density at radius 1 is 1.38 bits per heavy atom. The standard InChI is InChI=1S/C13H20N2O/c1-10-4-2-6-15-8-12(14-13(10)15)11-5-3-7-16-9-11/h8,10-11H,2-7,9H2,1H3. The Balaban J connectivity index is 1.85. The summed E-state index contributed by atoms with van der Waals surface area (Å²) < 4.78 is 7.91. The molecular weight excluding hydrogens is 200 g/mol. The number of aryl methyl sites for hydroxylation is 1. The van der Waals surface area contributed by atoms with Crippen LogP contribution in [0.25, 0.3) is 0 Å². The van der Waals surface area contributed by atoms with E-state index >= 15 is 0 Å². The predicted molar refractivity (Wildman–Crippen MR) is 62.7 cm³/mol. The molecule has 2 atom stereocenters. The van der Waals surface area contributed by atoms with E-state index in [1.54, 1.807) is 0 Å². The van der Waals surface area contributed by atoms with E-state index in [0.29, 0.717) is 11.8 Å². The van der Waals surface area contributed by atoms with Gasteiger partial charge in [0.25, 0.3) is 0 Å². The summed E-state index contributed by atoms with van der Waals surface area (Å²) in [6.07, 6.45) is 7.28. The fraction of sp³-hybridized carbons (Fsp3) is 0.769. The summed E-state index contributed by atoms with van der Waals surface area (Å²) >= 11 is 0. The number of imidazole rings is 1. The second kappa shape index (κ2) is 4.21. The van der Waals surface area contributed by atoms with Crippen molar-refractivity contribution in [1.82, 2.24) is 9.55 Å². The summed E-state index contributed by atoms with van der Waals surface area (Å²) in [4.78, 5) is 4.84. The monoisotopic (exact) mass is 220 g/mol. The first-order valence-electron chi connectivity index (χ1n) is 6.49. The molecular formula is C13H20N2O.